The van der Waals surface area contributed by atoms with Crippen molar-refractivity contribution in [3.63, 3.8) is 0 Å². The standard InChI is InChI=1S/C23H19Cl2NO4/c1-29-21-13-16(7-11-23(27)28)5-9-20(21)30-22-10-6-17(14-26-22)3-2-15-4-8-18(24)19(25)12-15/h2-6,8-10,12-14H,7,11H2,1H3,(H,27,28). The molecule has 30 heavy (non-hydrogen) atoms. The van der Waals surface area contributed by atoms with Crippen molar-refractivity contribution in [1.82, 2.24) is 4.98 Å². The van der Waals surface area contributed by atoms with Gasteiger partial charge in [0.25, 0.3) is 0 Å². The first kappa shape index (κ1) is 21.7. The lowest BCUT2D eigenvalue weighted by Crippen LogP contribution is -1.98. The first-order valence-electron chi connectivity index (χ1n) is 9.10. The van der Waals surface area contributed by atoms with Crippen molar-refractivity contribution in [1.29, 1.82) is 0 Å². The predicted molar refractivity (Wildman–Crippen MR) is 119 cm³/mol. The zero-order chi connectivity index (χ0) is 21.5. The predicted octanol–water partition coefficient (Wildman–Crippen LogP) is 6.38. The van der Waals surface area contributed by atoms with E-state index < -0.39 is 5.97 Å². The molecule has 154 valence electrons. The van der Waals surface area contributed by atoms with Crippen LogP contribution in [0, 0.1) is 0 Å². The second-order valence-corrected chi connectivity index (χ2v) is 7.23. The number of carboxylic acid groups (broad SMARTS) is 1. The van der Waals surface area contributed by atoms with Crippen molar-refractivity contribution in [3.8, 4) is 17.4 Å². The highest BCUT2D eigenvalue weighted by atomic mass is 35.5. The van der Waals surface area contributed by atoms with Crippen LogP contribution in [0.25, 0.3) is 12.2 Å². The molecule has 1 heterocycles. The van der Waals surface area contributed by atoms with Gasteiger partial charge in [-0.25, -0.2) is 4.98 Å². The number of pyridine rings is 1. The maximum Gasteiger partial charge on any atom is 0.303 e. The van der Waals surface area contributed by atoms with Gasteiger partial charge in [-0.05, 0) is 53.4 Å². The van der Waals surface area contributed by atoms with Gasteiger partial charge in [0.2, 0.25) is 5.88 Å². The second-order valence-electron chi connectivity index (χ2n) is 6.42. The lowest BCUT2D eigenvalue weighted by atomic mass is 10.1. The molecular formula is C23H19Cl2NO4. The largest absolute Gasteiger partial charge is 0.493 e. The van der Waals surface area contributed by atoms with Gasteiger partial charge in [-0.15, -0.1) is 0 Å². The number of methoxy groups -OCH3 is 1. The quantitative estimate of drug-likeness (QED) is 0.437. The van der Waals surface area contributed by atoms with Gasteiger partial charge in [0.1, 0.15) is 0 Å². The molecule has 3 aromatic rings. The van der Waals surface area contributed by atoms with Gasteiger partial charge >= 0.3 is 5.97 Å². The molecule has 0 fully saturated rings. The summed E-state index contributed by atoms with van der Waals surface area (Å²) in [7, 11) is 1.54. The average Bonchev–Trinajstić information content (AvgIpc) is 2.74. The molecule has 0 radical (unpaired) electrons. The number of halogens is 2. The molecule has 0 amide bonds. The van der Waals surface area contributed by atoms with E-state index in [0.717, 1.165) is 16.7 Å². The summed E-state index contributed by atoms with van der Waals surface area (Å²) in [5.41, 5.74) is 2.68. The van der Waals surface area contributed by atoms with Crippen LogP contribution in [0.1, 0.15) is 23.1 Å². The fourth-order valence-electron chi connectivity index (χ4n) is 2.67. The lowest BCUT2D eigenvalue weighted by molar-refractivity contribution is -0.136. The van der Waals surface area contributed by atoms with E-state index in [1.54, 1.807) is 36.5 Å². The average molecular weight is 444 g/mol. The van der Waals surface area contributed by atoms with E-state index in [4.69, 9.17) is 37.8 Å². The summed E-state index contributed by atoms with van der Waals surface area (Å²) in [4.78, 5) is 15.1. The molecule has 0 atom stereocenters. The maximum atomic E-state index is 10.7. The molecule has 0 saturated heterocycles. The molecule has 0 aliphatic rings. The molecule has 0 unspecified atom stereocenters. The Balaban J connectivity index is 1.68. The Labute approximate surface area is 184 Å². The van der Waals surface area contributed by atoms with Gasteiger partial charge in [0.05, 0.1) is 17.2 Å². The summed E-state index contributed by atoms with van der Waals surface area (Å²) in [6.45, 7) is 0. The van der Waals surface area contributed by atoms with Crippen LogP contribution in [0.2, 0.25) is 10.0 Å². The van der Waals surface area contributed by atoms with Crippen LogP contribution >= 0.6 is 23.2 Å². The fraction of sp³-hybridized carbons (Fsp3) is 0.130. The highest BCUT2D eigenvalue weighted by Crippen LogP contribution is 2.32. The molecule has 0 spiro atoms. The highest BCUT2D eigenvalue weighted by molar-refractivity contribution is 6.42. The van der Waals surface area contributed by atoms with E-state index in [9.17, 15) is 4.79 Å². The smallest absolute Gasteiger partial charge is 0.303 e. The van der Waals surface area contributed by atoms with E-state index in [2.05, 4.69) is 4.98 Å². The van der Waals surface area contributed by atoms with Crippen LogP contribution in [-0.4, -0.2) is 23.2 Å². The molecule has 0 saturated carbocycles. The molecule has 5 nitrogen and oxygen atoms in total. The zero-order valence-electron chi connectivity index (χ0n) is 16.1. The first-order valence-corrected chi connectivity index (χ1v) is 9.86. The van der Waals surface area contributed by atoms with Crippen LogP contribution in [-0.2, 0) is 11.2 Å². The van der Waals surface area contributed by atoms with E-state index in [0.29, 0.717) is 33.8 Å². The number of hydrogen-bond acceptors (Lipinski definition) is 4. The molecule has 2 aromatic carbocycles. The van der Waals surface area contributed by atoms with Crippen molar-refractivity contribution >= 4 is 41.3 Å². The minimum atomic E-state index is -0.841. The summed E-state index contributed by atoms with van der Waals surface area (Å²) in [6.07, 6.45) is 6.00. The zero-order valence-corrected chi connectivity index (χ0v) is 17.7. The van der Waals surface area contributed by atoms with Crippen LogP contribution < -0.4 is 9.47 Å². The molecule has 0 aliphatic carbocycles. The number of nitrogens with zero attached hydrogens (tertiary/aromatic N) is 1. The van der Waals surface area contributed by atoms with Crippen LogP contribution in [0.15, 0.2) is 54.7 Å². The fourth-order valence-corrected chi connectivity index (χ4v) is 2.98. The van der Waals surface area contributed by atoms with E-state index in [1.807, 2.05) is 30.4 Å². The Morgan fingerprint density at radius 1 is 1.00 bits per heavy atom. The molecule has 1 aromatic heterocycles. The van der Waals surface area contributed by atoms with E-state index in [1.165, 1.54) is 7.11 Å². The number of ether oxygens (including phenoxy) is 2. The Kier molecular flexibility index (Phi) is 7.33. The SMILES string of the molecule is COc1cc(CCC(=O)O)ccc1Oc1ccc(C=Cc2ccc(Cl)c(Cl)c2)cn1. The summed E-state index contributed by atoms with van der Waals surface area (Å²) in [5, 5.41) is 9.84. The molecule has 0 aliphatic heterocycles. The number of carbonyl (C=O) groups is 1. The number of hydrogen-bond donors (Lipinski definition) is 1. The molecule has 1 N–H and O–H groups in total. The number of aliphatic carboxylic acids is 1. The normalized spacial score (nSPS) is 10.9. The Hall–Kier alpha value is -3.02. The van der Waals surface area contributed by atoms with E-state index >= 15 is 0 Å². The minimum Gasteiger partial charge on any atom is -0.493 e. The summed E-state index contributed by atoms with van der Waals surface area (Å²) in [5.74, 6) is 0.594. The highest BCUT2D eigenvalue weighted by Gasteiger charge is 2.09. The van der Waals surface area contributed by atoms with Gasteiger partial charge in [-0.1, -0.05) is 47.5 Å². The monoisotopic (exact) mass is 443 g/mol. The molecule has 0 bridgehead atoms. The van der Waals surface area contributed by atoms with Crippen molar-refractivity contribution in [2.45, 2.75) is 12.8 Å². The number of aryl methyl sites for hydroxylation is 1. The van der Waals surface area contributed by atoms with Crippen LogP contribution in [0.4, 0.5) is 0 Å². The first-order chi connectivity index (χ1) is 14.4. The number of rotatable bonds is 8. The Morgan fingerprint density at radius 3 is 2.43 bits per heavy atom. The van der Waals surface area contributed by atoms with Gasteiger partial charge < -0.3 is 14.6 Å². The third-order valence-corrected chi connectivity index (χ3v) is 4.98. The van der Waals surface area contributed by atoms with Crippen LogP contribution in [0.5, 0.6) is 17.4 Å². The summed E-state index contributed by atoms with van der Waals surface area (Å²) < 4.78 is 11.2. The van der Waals surface area contributed by atoms with Gasteiger partial charge in [0, 0.05) is 18.7 Å². The third-order valence-electron chi connectivity index (χ3n) is 4.24. The maximum absolute atomic E-state index is 10.7. The number of benzene rings is 2. The van der Waals surface area contributed by atoms with Crippen molar-refractivity contribution < 1.29 is 19.4 Å². The van der Waals surface area contributed by atoms with Gasteiger partial charge in [0.15, 0.2) is 11.5 Å². The minimum absolute atomic E-state index is 0.0577. The Bertz CT molecular complexity index is 1070. The summed E-state index contributed by atoms with van der Waals surface area (Å²) >= 11 is 12.0. The van der Waals surface area contributed by atoms with E-state index in [-0.39, 0.29) is 6.42 Å². The van der Waals surface area contributed by atoms with Crippen LogP contribution in [0.3, 0.4) is 0 Å². The van der Waals surface area contributed by atoms with Crippen molar-refractivity contribution in [3.05, 3.63) is 81.5 Å². The molecular weight excluding hydrogens is 425 g/mol. The van der Waals surface area contributed by atoms with Crippen molar-refractivity contribution in [2.24, 2.45) is 0 Å². The molecule has 7 heteroatoms. The van der Waals surface area contributed by atoms with Gasteiger partial charge in [-0.3, -0.25) is 4.79 Å². The lowest BCUT2D eigenvalue weighted by Gasteiger charge is -2.11. The number of aromatic nitrogens is 1. The second kappa shape index (κ2) is 10.1. The topological polar surface area (TPSA) is 68.7 Å². The molecule has 3 rings (SSSR count). The van der Waals surface area contributed by atoms with Crippen molar-refractivity contribution in [2.75, 3.05) is 7.11 Å². The Morgan fingerprint density at radius 2 is 1.77 bits per heavy atom. The third kappa shape index (κ3) is 5.99. The number of carboxylic acids is 1. The summed E-state index contributed by atoms with van der Waals surface area (Å²) in [6, 6.07) is 14.4. The van der Waals surface area contributed by atoms with Gasteiger partial charge in [-0.2, -0.15) is 0 Å².